The van der Waals surface area contributed by atoms with E-state index in [4.69, 9.17) is 5.73 Å². The molecule has 1 rings (SSSR count). The zero-order chi connectivity index (χ0) is 10.6. The third kappa shape index (κ3) is 2.98. The van der Waals surface area contributed by atoms with Crippen LogP contribution in [0.15, 0.2) is 0 Å². The van der Waals surface area contributed by atoms with Crippen LogP contribution in [0.4, 0.5) is 0 Å². The second kappa shape index (κ2) is 4.78. The average Bonchev–Trinajstić information content (AvgIpc) is 2.08. The molecule has 3 nitrogen and oxygen atoms in total. The molecule has 0 aromatic rings. The molecule has 0 heterocycles. The summed E-state index contributed by atoms with van der Waals surface area (Å²) >= 11 is 0. The van der Waals surface area contributed by atoms with Gasteiger partial charge < -0.3 is 11.1 Å². The van der Waals surface area contributed by atoms with Crippen molar-refractivity contribution in [3.05, 3.63) is 0 Å². The van der Waals surface area contributed by atoms with Gasteiger partial charge in [0.2, 0.25) is 5.91 Å². The molecule has 1 aliphatic rings. The fourth-order valence-electron chi connectivity index (χ4n) is 1.53. The number of nitrogens with one attached hydrogen (secondary N) is 1. The third-order valence-corrected chi connectivity index (χ3v) is 3.32. The predicted octanol–water partition coefficient (Wildman–Crippen LogP) is 1.42. The number of rotatable bonds is 5. The van der Waals surface area contributed by atoms with Gasteiger partial charge in [0.05, 0.1) is 5.54 Å². The molecule has 0 radical (unpaired) electrons. The molecule has 0 aromatic heterocycles. The highest BCUT2D eigenvalue weighted by Crippen LogP contribution is 2.28. The first kappa shape index (κ1) is 11.5. The molecule has 0 aliphatic heterocycles. The Morgan fingerprint density at radius 2 is 2.21 bits per heavy atom. The van der Waals surface area contributed by atoms with E-state index in [1.807, 2.05) is 6.92 Å². The standard InChI is InChI=1S/C11H22N2O/c1-3-11(2,12)10(14)13-8-7-9-5-4-6-9/h9H,3-8,12H2,1-2H3,(H,13,14). The molecule has 3 N–H and O–H groups in total. The van der Waals surface area contributed by atoms with E-state index >= 15 is 0 Å². The molecule has 1 saturated carbocycles. The van der Waals surface area contributed by atoms with Crippen molar-refractivity contribution in [2.75, 3.05) is 6.54 Å². The monoisotopic (exact) mass is 198 g/mol. The SMILES string of the molecule is CCC(C)(N)C(=O)NCCC1CCC1. The Morgan fingerprint density at radius 3 is 2.64 bits per heavy atom. The lowest BCUT2D eigenvalue weighted by atomic mass is 9.83. The molecule has 0 bridgehead atoms. The summed E-state index contributed by atoms with van der Waals surface area (Å²) in [4.78, 5) is 11.5. The Morgan fingerprint density at radius 1 is 1.57 bits per heavy atom. The molecule has 0 spiro atoms. The topological polar surface area (TPSA) is 55.1 Å². The summed E-state index contributed by atoms with van der Waals surface area (Å²) in [6.45, 7) is 4.51. The number of hydrogen-bond donors (Lipinski definition) is 2. The van der Waals surface area contributed by atoms with Crippen molar-refractivity contribution in [1.82, 2.24) is 5.32 Å². The zero-order valence-electron chi connectivity index (χ0n) is 9.31. The number of hydrogen-bond acceptors (Lipinski definition) is 2. The average molecular weight is 198 g/mol. The molecule has 0 aromatic carbocycles. The van der Waals surface area contributed by atoms with Gasteiger partial charge in [-0.1, -0.05) is 26.2 Å². The van der Waals surface area contributed by atoms with E-state index in [0.717, 1.165) is 18.9 Å². The lowest BCUT2D eigenvalue weighted by Crippen LogP contribution is -2.51. The summed E-state index contributed by atoms with van der Waals surface area (Å²) in [5, 5.41) is 2.91. The van der Waals surface area contributed by atoms with Crippen molar-refractivity contribution < 1.29 is 4.79 Å². The minimum absolute atomic E-state index is 0.0145. The molecular formula is C11H22N2O. The largest absolute Gasteiger partial charge is 0.355 e. The van der Waals surface area contributed by atoms with E-state index in [1.54, 1.807) is 6.92 Å². The second-order valence-corrected chi connectivity index (χ2v) is 4.61. The smallest absolute Gasteiger partial charge is 0.239 e. The van der Waals surface area contributed by atoms with Crippen LogP contribution in [0, 0.1) is 5.92 Å². The Labute approximate surface area is 86.4 Å². The summed E-state index contributed by atoms with van der Waals surface area (Å²) in [5.74, 6) is 0.834. The van der Waals surface area contributed by atoms with Gasteiger partial charge in [-0.25, -0.2) is 0 Å². The van der Waals surface area contributed by atoms with Gasteiger partial charge in [-0.05, 0) is 25.7 Å². The van der Waals surface area contributed by atoms with E-state index in [9.17, 15) is 4.79 Å². The fraction of sp³-hybridized carbons (Fsp3) is 0.909. The summed E-state index contributed by atoms with van der Waals surface area (Å²) in [5.41, 5.74) is 5.12. The van der Waals surface area contributed by atoms with Crippen molar-refractivity contribution >= 4 is 5.91 Å². The van der Waals surface area contributed by atoms with E-state index < -0.39 is 5.54 Å². The predicted molar refractivity (Wildman–Crippen MR) is 57.9 cm³/mol. The Bertz CT molecular complexity index is 197. The minimum atomic E-state index is -0.695. The maximum absolute atomic E-state index is 11.5. The van der Waals surface area contributed by atoms with Crippen LogP contribution in [0.1, 0.15) is 46.0 Å². The van der Waals surface area contributed by atoms with E-state index in [-0.39, 0.29) is 5.91 Å². The Kier molecular flexibility index (Phi) is 3.93. The molecule has 1 amide bonds. The molecule has 1 fully saturated rings. The van der Waals surface area contributed by atoms with Crippen molar-refractivity contribution in [1.29, 1.82) is 0 Å². The molecule has 1 atom stereocenters. The Balaban J connectivity index is 2.13. The lowest BCUT2D eigenvalue weighted by Gasteiger charge is -2.26. The fourth-order valence-corrected chi connectivity index (χ4v) is 1.53. The number of amides is 1. The first-order chi connectivity index (χ1) is 6.56. The summed E-state index contributed by atoms with van der Waals surface area (Å²) in [7, 11) is 0. The van der Waals surface area contributed by atoms with Gasteiger partial charge in [-0.3, -0.25) is 4.79 Å². The van der Waals surface area contributed by atoms with Crippen LogP contribution < -0.4 is 11.1 Å². The summed E-state index contributed by atoms with van der Waals surface area (Å²) < 4.78 is 0. The number of carbonyl (C=O) groups excluding carboxylic acids is 1. The van der Waals surface area contributed by atoms with Gasteiger partial charge >= 0.3 is 0 Å². The van der Waals surface area contributed by atoms with Crippen LogP contribution in [0.25, 0.3) is 0 Å². The van der Waals surface area contributed by atoms with E-state index in [2.05, 4.69) is 5.32 Å². The molecule has 1 aliphatic carbocycles. The first-order valence-corrected chi connectivity index (χ1v) is 5.63. The maximum atomic E-state index is 11.5. The summed E-state index contributed by atoms with van der Waals surface area (Å²) in [6.07, 6.45) is 5.84. The van der Waals surface area contributed by atoms with E-state index in [1.165, 1.54) is 19.3 Å². The van der Waals surface area contributed by atoms with Crippen LogP contribution in [0.3, 0.4) is 0 Å². The van der Waals surface area contributed by atoms with Crippen LogP contribution in [-0.2, 0) is 4.79 Å². The highest BCUT2D eigenvalue weighted by Gasteiger charge is 2.25. The third-order valence-electron chi connectivity index (χ3n) is 3.32. The summed E-state index contributed by atoms with van der Waals surface area (Å²) in [6, 6.07) is 0. The number of nitrogens with two attached hydrogens (primary N) is 1. The molecular weight excluding hydrogens is 176 g/mol. The van der Waals surface area contributed by atoms with Crippen LogP contribution >= 0.6 is 0 Å². The van der Waals surface area contributed by atoms with Gasteiger partial charge in [-0.15, -0.1) is 0 Å². The number of carbonyl (C=O) groups is 1. The van der Waals surface area contributed by atoms with Crippen molar-refractivity contribution in [2.45, 2.75) is 51.5 Å². The second-order valence-electron chi connectivity index (χ2n) is 4.61. The molecule has 82 valence electrons. The van der Waals surface area contributed by atoms with Crippen LogP contribution in [0.2, 0.25) is 0 Å². The van der Waals surface area contributed by atoms with Gasteiger partial charge in [0.25, 0.3) is 0 Å². The highest BCUT2D eigenvalue weighted by molar-refractivity contribution is 5.85. The highest BCUT2D eigenvalue weighted by atomic mass is 16.2. The van der Waals surface area contributed by atoms with Gasteiger partial charge in [0.15, 0.2) is 0 Å². The molecule has 3 heteroatoms. The van der Waals surface area contributed by atoms with E-state index in [0.29, 0.717) is 6.42 Å². The van der Waals surface area contributed by atoms with Crippen molar-refractivity contribution in [2.24, 2.45) is 11.7 Å². The lowest BCUT2D eigenvalue weighted by molar-refractivity contribution is -0.125. The molecule has 0 saturated heterocycles. The van der Waals surface area contributed by atoms with Gasteiger partial charge in [0, 0.05) is 6.54 Å². The van der Waals surface area contributed by atoms with Crippen molar-refractivity contribution in [3.8, 4) is 0 Å². The molecule has 14 heavy (non-hydrogen) atoms. The van der Waals surface area contributed by atoms with Gasteiger partial charge in [0.1, 0.15) is 0 Å². The van der Waals surface area contributed by atoms with Crippen LogP contribution in [0.5, 0.6) is 0 Å². The van der Waals surface area contributed by atoms with Crippen LogP contribution in [-0.4, -0.2) is 18.0 Å². The quantitative estimate of drug-likeness (QED) is 0.702. The van der Waals surface area contributed by atoms with Gasteiger partial charge in [-0.2, -0.15) is 0 Å². The normalized spacial score (nSPS) is 21.1. The zero-order valence-corrected chi connectivity index (χ0v) is 9.31. The maximum Gasteiger partial charge on any atom is 0.239 e. The minimum Gasteiger partial charge on any atom is -0.355 e. The Hall–Kier alpha value is -0.570. The van der Waals surface area contributed by atoms with Crippen molar-refractivity contribution in [3.63, 3.8) is 0 Å². The first-order valence-electron chi connectivity index (χ1n) is 5.63. The molecule has 1 unspecified atom stereocenters.